The Morgan fingerprint density at radius 3 is 2.81 bits per heavy atom. The monoisotopic (exact) mass is 299 g/mol. The van der Waals surface area contributed by atoms with Crippen molar-refractivity contribution in [1.29, 1.82) is 0 Å². The van der Waals surface area contributed by atoms with Crippen LogP contribution in [0.5, 0.6) is 0 Å². The third-order valence-electron chi connectivity index (χ3n) is 4.43. The first kappa shape index (κ1) is 16.0. The molecule has 0 aliphatic carbocycles. The lowest BCUT2D eigenvalue weighted by atomic mass is 9.99. The Hall–Kier alpha value is -1.34. The molecule has 0 spiro atoms. The Balaban J connectivity index is 1.90. The van der Waals surface area contributed by atoms with Crippen molar-refractivity contribution < 1.29 is 19.4 Å². The number of likely N-dealkylation sites (tertiary alicyclic amines) is 1. The van der Waals surface area contributed by atoms with Crippen molar-refractivity contribution in [2.45, 2.75) is 44.3 Å². The van der Waals surface area contributed by atoms with E-state index < -0.39 is 5.97 Å². The Morgan fingerprint density at radius 2 is 2.14 bits per heavy atom. The van der Waals surface area contributed by atoms with E-state index in [-0.39, 0.29) is 24.5 Å². The molecule has 2 amide bonds. The molecule has 21 heavy (non-hydrogen) atoms. The average molecular weight is 299 g/mol. The molecule has 0 aromatic heterocycles. The number of urea groups is 1. The average Bonchev–Trinajstić information content (AvgIpc) is 2.43. The molecule has 120 valence electrons. The second kappa shape index (κ2) is 7.09. The number of carboxylic acids is 1. The van der Waals surface area contributed by atoms with Crippen molar-refractivity contribution in [2.24, 2.45) is 0 Å². The summed E-state index contributed by atoms with van der Waals surface area (Å²) in [6.45, 7) is 4.33. The van der Waals surface area contributed by atoms with Gasteiger partial charge in [0.1, 0.15) is 0 Å². The summed E-state index contributed by atoms with van der Waals surface area (Å²) in [5.41, 5.74) is 0. The van der Waals surface area contributed by atoms with Crippen LogP contribution in [-0.4, -0.2) is 78.4 Å². The SMILES string of the molecule is CC1CC(NC(=O)N2CCOCC2CC(=O)O)CCN1C. The van der Waals surface area contributed by atoms with Gasteiger partial charge in [-0.15, -0.1) is 0 Å². The molecule has 2 rings (SSSR count). The summed E-state index contributed by atoms with van der Waals surface area (Å²) >= 11 is 0. The third-order valence-corrected chi connectivity index (χ3v) is 4.43. The molecule has 3 atom stereocenters. The standard InChI is InChI=1S/C14H25N3O4/c1-10-7-11(3-4-16(10)2)15-14(20)17-5-6-21-9-12(17)8-13(18)19/h10-12H,3-9H2,1-2H3,(H,15,20)(H,18,19). The van der Waals surface area contributed by atoms with E-state index in [0.29, 0.717) is 25.8 Å². The molecule has 3 unspecified atom stereocenters. The zero-order valence-corrected chi connectivity index (χ0v) is 12.7. The topological polar surface area (TPSA) is 82.1 Å². The van der Waals surface area contributed by atoms with Gasteiger partial charge in [-0.2, -0.15) is 0 Å². The molecule has 2 aliphatic rings. The summed E-state index contributed by atoms with van der Waals surface area (Å²) < 4.78 is 5.29. The number of carbonyl (C=O) groups is 2. The molecule has 2 saturated heterocycles. The van der Waals surface area contributed by atoms with Crippen LogP contribution in [0, 0.1) is 0 Å². The van der Waals surface area contributed by atoms with E-state index in [0.717, 1.165) is 19.4 Å². The molecule has 0 aromatic carbocycles. The Morgan fingerprint density at radius 1 is 1.38 bits per heavy atom. The fourth-order valence-corrected chi connectivity index (χ4v) is 2.97. The second-order valence-corrected chi connectivity index (χ2v) is 6.02. The molecule has 7 nitrogen and oxygen atoms in total. The minimum absolute atomic E-state index is 0.0722. The van der Waals surface area contributed by atoms with Gasteiger partial charge in [0, 0.05) is 25.2 Å². The largest absolute Gasteiger partial charge is 0.481 e. The van der Waals surface area contributed by atoms with Crippen molar-refractivity contribution in [1.82, 2.24) is 15.1 Å². The summed E-state index contributed by atoms with van der Waals surface area (Å²) in [6, 6.07) is 0.0758. The van der Waals surface area contributed by atoms with Gasteiger partial charge in [0.2, 0.25) is 0 Å². The summed E-state index contributed by atoms with van der Waals surface area (Å²) in [5, 5.41) is 12.0. The number of amides is 2. The Bertz CT molecular complexity index is 390. The number of aliphatic carboxylic acids is 1. The van der Waals surface area contributed by atoms with Crippen molar-refractivity contribution in [3.8, 4) is 0 Å². The maximum Gasteiger partial charge on any atom is 0.318 e. The third kappa shape index (κ3) is 4.31. The van der Waals surface area contributed by atoms with Gasteiger partial charge < -0.3 is 25.0 Å². The van der Waals surface area contributed by atoms with Gasteiger partial charge in [-0.25, -0.2) is 4.79 Å². The first-order valence-corrected chi connectivity index (χ1v) is 7.54. The van der Waals surface area contributed by atoms with Crippen LogP contribution >= 0.6 is 0 Å². The van der Waals surface area contributed by atoms with E-state index >= 15 is 0 Å². The fourth-order valence-electron chi connectivity index (χ4n) is 2.97. The highest BCUT2D eigenvalue weighted by molar-refractivity contribution is 5.76. The van der Waals surface area contributed by atoms with Crippen molar-refractivity contribution >= 4 is 12.0 Å². The van der Waals surface area contributed by atoms with E-state index in [2.05, 4.69) is 24.2 Å². The molecule has 2 N–H and O–H groups in total. The van der Waals surface area contributed by atoms with E-state index in [4.69, 9.17) is 9.84 Å². The van der Waals surface area contributed by atoms with Crippen molar-refractivity contribution in [2.75, 3.05) is 33.4 Å². The van der Waals surface area contributed by atoms with Crippen LogP contribution in [0.25, 0.3) is 0 Å². The highest BCUT2D eigenvalue weighted by Gasteiger charge is 2.31. The molecular formula is C14H25N3O4. The summed E-state index contributed by atoms with van der Waals surface area (Å²) in [5.74, 6) is -0.906. The molecule has 2 fully saturated rings. The maximum absolute atomic E-state index is 12.4. The molecule has 2 heterocycles. The summed E-state index contributed by atoms with van der Waals surface area (Å²) in [7, 11) is 2.09. The van der Waals surface area contributed by atoms with Crippen LogP contribution in [-0.2, 0) is 9.53 Å². The number of nitrogens with one attached hydrogen (secondary N) is 1. The smallest absolute Gasteiger partial charge is 0.318 e. The first-order valence-electron chi connectivity index (χ1n) is 7.54. The van der Waals surface area contributed by atoms with Gasteiger partial charge in [-0.05, 0) is 26.8 Å². The number of ether oxygens (including phenoxy) is 1. The van der Waals surface area contributed by atoms with Gasteiger partial charge in [-0.3, -0.25) is 4.79 Å². The van der Waals surface area contributed by atoms with Crippen LogP contribution in [0.3, 0.4) is 0 Å². The minimum Gasteiger partial charge on any atom is -0.481 e. The zero-order valence-electron chi connectivity index (χ0n) is 12.7. The zero-order chi connectivity index (χ0) is 15.4. The van der Waals surface area contributed by atoms with Crippen LogP contribution in [0.4, 0.5) is 4.79 Å². The minimum atomic E-state index is -0.906. The Kier molecular flexibility index (Phi) is 5.41. The molecule has 2 aliphatic heterocycles. The molecular weight excluding hydrogens is 274 g/mol. The Labute approximate surface area is 125 Å². The van der Waals surface area contributed by atoms with E-state index in [1.165, 1.54) is 0 Å². The van der Waals surface area contributed by atoms with Crippen LogP contribution in [0.2, 0.25) is 0 Å². The molecule has 0 radical (unpaired) electrons. The number of hydrogen-bond donors (Lipinski definition) is 2. The molecule has 0 bridgehead atoms. The highest BCUT2D eigenvalue weighted by Crippen LogP contribution is 2.17. The van der Waals surface area contributed by atoms with Gasteiger partial charge >= 0.3 is 12.0 Å². The van der Waals surface area contributed by atoms with Crippen LogP contribution in [0.1, 0.15) is 26.2 Å². The van der Waals surface area contributed by atoms with E-state index in [1.807, 2.05) is 0 Å². The number of nitrogens with zero attached hydrogens (tertiary/aromatic N) is 2. The normalized spacial score (nSPS) is 31.0. The van der Waals surface area contributed by atoms with Crippen molar-refractivity contribution in [3.05, 3.63) is 0 Å². The van der Waals surface area contributed by atoms with Gasteiger partial charge in [0.25, 0.3) is 0 Å². The van der Waals surface area contributed by atoms with E-state index in [1.54, 1.807) is 4.90 Å². The van der Waals surface area contributed by atoms with Gasteiger partial charge in [-0.1, -0.05) is 0 Å². The molecule has 0 aromatic rings. The lowest BCUT2D eigenvalue weighted by Crippen LogP contribution is -2.56. The fraction of sp³-hybridized carbons (Fsp3) is 0.857. The van der Waals surface area contributed by atoms with Gasteiger partial charge in [0.15, 0.2) is 0 Å². The molecule has 7 heteroatoms. The highest BCUT2D eigenvalue weighted by atomic mass is 16.5. The number of carboxylic acid groups (broad SMARTS) is 1. The number of carbonyl (C=O) groups excluding carboxylic acids is 1. The maximum atomic E-state index is 12.4. The summed E-state index contributed by atoms with van der Waals surface area (Å²) in [6.07, 6.45) is 1.79. The van der Waals surface area contributed by atoms with Crippen LogP contribution in [0.15, 0.2) is 0 Å². The van der Waals surface area contributed by atoms with Gasteiger partial charge in [0.05, 0.1) is 25.7 Å². The predicted octanol–water partition coefficient (Wildman–Crippen LogP) is 0.354. The number of rotatable bonds is 3. The lowest BCUT2D eigenvalue weighted by molar-refractivity contribution is -0.139. The number of hydrogen-bond acceptors (Lipinski definition) is 4. The number of morpholine rings is 1. The van der Waals surface area contributed by atoms with Crippen molar-refractivity contribution in [3.63, 3.8) is 0 Å². The second-order valence-electron chi connectivity index (χ2n) is 6.02. The predicted molar refractivity (Wildman–Crippen MR) is 77.2 cm³/mol. The first-order chi connectivity index (χ1) is 9.97. The van der Waals surface area contributed by atoms with E-state index in [9.17, 15) is 9.59 Å². The lowest BCUT2D eigenvalue weighted by Gasteiger charge is -2.39. The summed E-state index contributed by atoms with van der Waals surface area (Å²) in [4.78, 5) is 27.2. The number of piperidine rings is 1. The molecule has 0 saturated carbocycles. The van der Waals surface area contributed by atoms with Crippen LogP contribution < -0.4 is 5.32 Å². The quantitative estimate of drug-likeness (QED) is 0.786.